The van der Waals surface area contributed by atoms with Gasteiger partial charge in [0.1, 0.15) is 11.6 Å². The van der Waals surface area contributed by atoms with Crippen molar-refractivity contribution >= 4 is 0 Å². The minimum atomic E-state index is -0.562. The number of piperidine rings is 1. The number of rotatable bonds is 2. The van der Waals surface area contributed by atoms with Gasteiger partial charge in [-0.15, -0.1) is 0 Å². The van der Waals surface area contributed by atoms with Crippen molar-refractivity contribution in [2.45, 2.75) is 18.9 Å². The maximum Gasteiger partial charge on any atom is 0.126 e. The van der Waals surface area contributed by atoms with Gasteiger partial charge in [0.2, 0.25) is 0 Å². The highest BCUT2D eigenvalue weighted by Gasteiger charge is 2.23. The van der Waals surface area contributed by atoms with Crippen molar-refractivity contribution in [3.8, 4) is 0 Å². The first-order valence-electron chi connectivity index (χ1n) is 5.49. The van der Waals surface area contributed by atoms with Crippen molar-refractivity contribution in [1.29, 1.82) is 0 Å². The molecule has 0 saturated carbocycles. The largest absolute Gasteiger partial charge is 0.393 e. The Labute approximate surface area is 93.3 Å². The zero-order valence-electron chi connectivity index (χ0n) is 8.92. The van der Waals surface area contributed by atoms with Crippen LogP contribution >= 0.6 is 0 Å². The first kappa shape index (κ1) is 11.5. The third-order valence-electron chi connectivity index (χ3n) is 2.99. The third-order valence-corrected chi connectivity index (χ3v) is 2.99. The first-order valence-corrected chi connectivity index (χ1v) is 5.49. The fourth-order valence-electron chi connectivity index (χ4n) is 2.15. The van der Waals surface area contributed by atoms with Crippen LogP contribution < -0.4 is 5.32 Å². The molecule has 0 spiro atoms. The van der Waals surface area contributed by atoms with E-state index in [2.05, 4.69) is 5.32 Å². The van der Waals surface area contributed by atoms with Gasteiger partial charge < -0.3 is 10.4 Å². The molecule has 4 heteroatoms. The van der Waals surface area contributed by atoms with E-state index in [1.54, 1.807) is 0 Å². The molecule has 0 aromatic heterocycles. The minimum absolute atomic E-state index is 0.0370. The van der Waals surface area contributed by atoms with E-state index < -0.39 is 11.6 Å². The van der Waals surface area contributed by atoms with Gasteiger partial charge in [0.05, 0.1) is 6.10 Å². The van der Waals surface area contributed by atoms with Gasteiger partial charge in [-0.05, 0) is 37.1 Å². The van der Waals surface area contributed by atoms with Crippen LogP contribution in [0, 0.1) is 17.6 Å². The van der Waals surface area contributed by atoms with E-state index in [0.29, 0.717) is 24.9 Å². The molecule has 0 radical (unpaired) electrons. The van der Waals surface area contributed by atoms with Crippen molar-refractivity contribution in [3.05, 3.63) is 35.4 Å². The summed E-state index contributed by atoms with van der Waals surface area (Å²) in [7, 11) is 0. The van der Waals surface area contributed by atoms with Gasteiger partial charge in [-0.1, -0.05) is 0 Å². The normalized spacial score (nSPS) is 25.7. The Morgan fingerprint density at radius 3 is 2.56 bits per heavy atom. The number of benzene rings is 1. The lowest BCUT2D eigenvalue weighted by Crippen LogP contribution is -2.40. The molecule has 1 saturated heterocycles. The van der Waals surface area contributed by atoms with Gasteiger partial charge in [0.25, 0.3) is 0 Å². The molecule has 2 unspecified atom stereocenters. The molecule has 16 heavy (non-hydrogen) atoms. The Morgan fingerprint density at radius 1 is 1.25 bits per heavy atom. The third kappa shape index (κ3) is 2.77. The molecule has 1 aliphatic heterocycles. The molecule has 2 atom stereocenters. The van der Waals surface area contributed by atoms with Gasteiger partial charge in [-0.2, -0.15) is 0 Å². The number of hydrogen-bond donors (Lipinski definition) is 2. The number of nitrogens with one attached hydrogen (secondary N) is 1. The molecule has 2 rings (SSSR count). The molecule has 0 bridgehead atoms. The van der Waals surface area contributed by atoms with E-state index in [9.17, 15) is 13.9 Å². The lowest BCUT2D eigenvalue weighted by Gasteiger charge is -2.28. The Kier molecular flexibility index (Phi) is 3.51. The predicted octanol–water partition coefficient (Wildman–Crippen LogP) is 1.48. The number of aliphatic hydroxyl groups excluding tert-OH is 1. The minimum Gasteiger partial charge on any atom is -0.393 e. The molecular weight excluding hydrogens is 212 g/mol. The standard InChI is InChI=1S/C12H15F2NO/c13-10-4-8(5-11(14)6-10)3-9-7-15-2-1-12(9)16/h4-6,9,12,15-16H,1-3,7H2. The molecule has 1 heterocycles. The molecule has 1 aromatic carbocycles. The van der Waals surface area contributed by atoms with Gasteiger partial charge >= 0.3 is 0 Å². The highest BCUT2D eigenvalue weighted by molar-refractivity contribution is 5.18. The quantitative estimate of drug-likeness (QED) is 0.802. The second-order valence-corrected chi connectivity index (χ2v) is 4.30. The summed E-state index contributed by atoms with van der Waals surface area (Å²) in [5, 5.41) is 12.9. The topological polar surface area (TPSA) is 32.3 Å². The average Bonchev–Trinajstić information content (AvgIpc) is 2.20. The maximum absolute atomic E-state index is 13.0. The fourth-order valence-corrected chi connectivity index (χ4v) is 2.15. The van der Waals surface area contributed by atoms with E-state index >= 15 is 0 Å². The van der Waals surface area contributed by atoms with Crippen LogP contribution in [-0.4, -0.2) is 24.3 Å². The Morgan fingerprint density at radius 2 is 1.94 bits per heavy atom. The second kappa shape index (κ2) is 4.89. The summed E-state index contributed by atoms with van der Waals surface area (Å²) in [4.78, 5) is 0. The summed E-state index contributed by atoms with van der Waals surface area (Å²) >= 11 is 0. The van der Waals surface area contributed by atoms with Crippen molar-refractivity contribution in [2.75, 3.05) is 13.1 Å². The number of aliphatic hydroxyl groups is 1. The van der Waals surface area contributed by atoms with Crippen LogP contribution in [0.4, 0.5) is 8.78 Å². The highest BCUT2D eigenvalue weighted by Crippen LogP contribution is 2.18. The Balaban J connectivity index is 2.07. The van der Waals surface area contributed by atoms with Crippen LogP contribution in [0.5, 0.6) is 0 Å². The summed E-state index contributed by atoms with van der Waals surface area (Å²) in [6.45, 7) is 1.49. The fraction of sp³-hybridized carbons (Fsp3) is 0.500. The summed E-state index contributed by atoms with van der Waals surface area (Å²) in [5.74, 6) is -1.09. The molecule has 0 amide bonds. The Hall–Kier alpha value is -1.00. The van der Waals surface area contributed by atoms with Crippen molar-refractivity contribution in [1.82, 2.24) is 5.32 Å². The van der Waals surface area contributed by atoms with Crippen LogP contribution in [-0.2, 0) is 6.42 Å². The Bertz CT molecular complexity index is 350. The first-order chi connectivity index (χ1) is 7.65. The van der Waals surface area contributed by atoms with Crippen molar-refractivity contribution in [3.63, 3.8) is 0 Å². The van der Waals surface area contributed by atoms with Gasteiger partial charge in [0.15, 0.2) is 0 Å². The monoisotopic (exact) mass is 227 g/mol. The molecule has 0 aliphatic carbocycles. The lowest BCUT2D eigenvalue weighted by molar-refractivity contribution is 0.0791. The molecule has 1 fully saturated rings. The second-order valence-electron chi connectivity index (χ2n) is 4.30. The van der Waals surface area contributed by atoms with E-state index in [1.807, 2.05) is 0 Å². The molecule has 1 aliphatic rings. The molecule has 88 valence electrons. The van der Waals surface area contributed by atoms with E-state index in [-0.39, 0.29) is 12.0 Å². The highest BCUT2D eigenvalue weighted by atomic mass is 19.1. The van der Waals surface area contributed by atoms with Gasteiger partial charge in [-0.3, -0.25) is 0 Å². The summed E-state index contributed by atoms with van der Waals surface area (Å²) in [6, 6.07) is 3.51. The molecule has 1 aromatic rings. The van der Waals surface area contributed by atoms with Crippen LogP contribution in [0.25, 0.3) is 0 Å². The number of halogens is 2. The van der Waals surface area contributed by atoms with Crippen LogP contribution in [0.3, 0.4) is 0 Å². The van der Waals surface area contributed by atoms with Crippen molar-refractivity contribution in [2.24, 2.45) is 5.92 Å². The summed E-state index contributed by atoms with van der Waals surface area (Å²) in [5.41, 5.74) is 0.602. The smallest absolute Gasteiger partial charge is 0.126 e. The zero-order valence-corrected chi connectivity index (χ0v) is 8.92. The number of hydrogen-bond acceptors (Lipinski definition) is 2. The summed E-state index contributed by atoms with van der Waals surface area (Å²) < 4.78 is 25.9. The molecular formula is C12H15F2NO. The van der Waals surface area contributed by atoms with Crippen LogP contribution in [0.1, 0.15) is 12.0 Å². The summed E-state index contributed by atoms with van der Waals surface area (Å²) in [6.07, 6.45) is 0.818. The van der Waals surface area contributed by atoms with Crippen molar-refractivity contribution < 1.29 is 13.9 Å². The van der Waals surface area contributed by atoms with Gasteiger partial charge in [-0.25, -0.2) is 8.78 Å². The van der Waals surface area contributed by atoms with Crippen LogP contribution in [0.15, 0.2) is 18.2 Å². The van der Waals surface area contributed by atoms with E-state index in [1.165, 1.54) is 12.1 Å². The maximum atomic E-state index is 13.0. The van der Waals surface area contributed by atoms with Gasteiger partial charge in [0, 0.05) is 18.5 Å². The van der Waals surface area contributed by atoms with E-state index in [0.717, 1.165) is 12.6 Å². The lowest BCUT2D eigenvalue weighted by atomic mass is 9.90. The average molecular weight is 227 g/mol. The van der Waals surface area contributed by atoms with Crippen LogP contribution in [0.2, 0.25) is 0 Å². The molecule has 2 N–H and O–H groups in total. The van der Waals surface area contributed by atoms with E-state index in [4.69, 9.17) is 0 Å². The zero-order chi connectivity index (χ0) is 11.5. The SMILES string of the molecule is OC1CCNCC1Cc1cc(F)cc(F)c1. The predicted molar refractivity (Wildman–Crippen MR) is 57.0 cm³/mol. The molecule has 2 nitrogen and oxygen atoms in total.